The third-order valence-corrected chi connectivity index (χ3v) is 5.01. The smallest absolute Gasteiger partial charge is 0.317 e. The van der Waals surface area contributed by atoms with Gasteiger partial charge in [0.2, 0.25) is 0 Å². The first kappa shape index (κ1) is 17.9. The van der Waals surface area contributed by atoms with E-state index in [1.807, 2.05) is 29.3 Å². The molecule has 3 rings (SSSR count). The van der Waals surface area contributed by atoms with Crippen molar-refractivity contribution in [3.8, 4) is 0 Å². The summed E-state index contributed by atoms with van der Waals surface area (Å²) in [6.07, 6.45) is 1.81. The second-order valence-corrected chi connectivity index (χ2v) is 7.25. The number of rotatable bonds is 4. The topological polar surface area (TPSA) is 60.9 Å². The van der Waals surface area contributed by atoms with Crippen molar-refractivity contribution in [1.29, 1.82) is 0 Å². The zero-order valence-electron chi connectivity index (χ0n) is 15.3. The van der Waals surface area contributed by atoms with E-state index in [1.54, 1.807) is 0 Å². The lowest BCUT2D eigenvalue weighted by atomic mass is 10.0. The number of nitrogens with zero attached hydrogens (tertiary/aromatic N) is 4. The molecule has 0 radical (unpaired) electrons. The number of pyridine rings is 1. The molecule has 2 aliphatic heterocycles. The summed E-state index contributed by atoms with van der Waals surface area (Å²) < 4.78 is 5.54. The van der Waals surface area contributed by atoms with Crippen LogP contribution in [0.1, 0.15) is 13.8 Å². The molecule has 1 aromatic heterocycles. The molecular formula is C18H29N5O2. The van der Waals surface area contributed by atoms with E-state index in [0.29, 0.717) is 6.54 Å². The van der Waals surface area contributed by atoms with E-state index in [-0.39, 0.29) is 11.6 Å². The number of nitrogens with one attached hydrogen (secondary N) is 1. The van der Waals surface area contributed by atoms with Gasteiger partial charge in [-0.2, -0.15) is 0 Å². The zero-order valence-corrected chi connectivity index (χ0v) is 15.3. The molecule has 0 bridgehead atoms. The van der Waals surface area contributed by atoms with Gasteiger partial charge in [-0.25, -0.2) is 9.78 Å². The van der Waals surface area contributed by atoms with Gasteiger partial charge >= 0.3 is 6.03 Å². The summed E-state index contributed by atoms with van der Waals surface area (Å²) in [7, 11) is 0. The van der Waals surface area contributed by atoms with Crippen LogP contribution in [0.25, 0.3) is 0 Å². The van der Waals surface area contributed by atoms with Gasteiger partial charge in [-0.05, 0) is 26.0 Å². The molecule has 2 fully saturated rings. The van der Waals surface area contributed by atoms with Gasteiger partial charge in [-0.1, -0.05) is 6.07 Å². The van der Waals surface area contributed by atoms with Gasteiger partial charge in [0.15, 0.2) is 0 Å². The molecule has 25 heavy (non-hydrogen) atoms. The lowest BCUT2D eigenvalue weighted by Crippen LogP contribution is -2.56. The van der Waals surface area contributed by atoms with Crippen molar-refractivity contribution in [2.45, 2.75) is 19.4 Å². The van der Waals surface area contributed by atoms with Crippen LogP contribution < -0.4 is 10.2 Å². The Bertz CT molecular complexity index is 558. The minimum atomic E-state index is 0.0340. The molecule has 1 aromatic rings. The van der Waals surface area contributed by atoms with E-state index in [0.717, 1.165) is 58.3 Å². The molecule has 0 spiro atoms. The highest BCUT2D eigenvalue weighted by Crippen LogP contribution is 2.18. The van der Waals surface area contributed by atoms with E-state index in [9.17, 15) is 4.79 Å². The summed E-state index contributed by atoms with van der Waals surface area (Å²) in [5.74, 6) is 0.983. The fraction of sp³-hybridized carbons (Fsp3) is 0.667. The highest BCUT2D eigenvalue weighted by atomic mass is 16.5. The van der Waals surface area contributed by atoms with E-state index >= 15 is 0 Å². The number of carbonyl (C=O) groups excluding carboxylic acids is 1. The van der Waals surface area contributed by atoms with E-state index in [1.165, 1.54) is 0 Å². The molecule has 7 nitrogen and oxygen atoms in total. The average Bonchev–Trinajstić information content (AvgIpc) is 2.64. The van der Waals surface area contributed by atoms with Gasteiger partial charge in [-0.15, -0.1) is 0 Å². The molecule has 0 aromatic carbocycles. The number of ether oxygens (including phenoxy) is 1. The molecule has 2 aliphatic rings. The molecule has 1 N–H and O–H groups in total. The van der Waals surface area contributed by atoms with E-state index in [2.05, 4.69) is 33.9 Å². The summed E-state index contributed by atoms with van der Waals surface area (Å²) >= 11 is 0. The minimum absolute atomic E-state index is 0.0340. The normalized spacial score (nSPS) is 21.2. The number of carbonyl (C=O) groups is 1. The Kier molecular flexibility index (Phi) is 5.75. The Morgan fingerprint density at radius 3 is 2.72 bits per heavy atom. The van der Waals surface area contributed by atoms with Gasteiger partial charge in [0, 0.05) is 57.5 Å². The number of piperazine rings is 1. The highest BCUT2D eigenvalue weighted by Gasteiger charge is 2.30. The number of anilines is 1. The molecule has 0 atom stereocenters. The van der Waals surface area contributed by atoms with Crippen LogP contribution >= 0.6 is 0 Å². The molecule has 0 saturated carbocycles. The second-order valence-electron chi connectivity index (χ2n) is 7.25. The number of morpholine rings is 1. The first-order chi connectivity index (χ1) is 12.1. The van der Waals surface area contributed by atoms with Crippen molar-refractivity contribution in [2.75, 3.05) is 63.9 Å². The van der Waals surface area contributed by atoms with Crippen LogP contribution in [0, 0.1) is 0 Å². The third-order valence-electron chi connectivity index (χ3n) is 5.01. The quantitative estimate of drug-likeness (QED) is 0.881. The monoisotopic (exact) mass is 347 g/mol. The molecule has 138 valence electrons. The van der Waals surface area contributed by atoms with Crippen LogP contribution in [0.4, 0.5) is 10.6 Å². The predicted octanol–water partition coefficient (Wildman–Crippen LogP) is 1.02. The zero-order chi connectivity index (χ0) is 17.7. The van der Waals surface area contributed by atoms with Crippen LogP contribution in [0.3, 0.4) is 0 Å². The number of hydrogen-bond acceptors (Lipinski definition) is 5. The van der Waals surface area contributed by atoms with Crippen LogP contribution in [-0.2, 0) is 4.74 Å². The van der Waals surface area contributed by atoms with Gasteiger partial charge in [-0.3, -0.25) is 4.90 Å². The molecule has 3 heterocycles. The van der Waals surface area contributed by atoms with Crippen LogP contribution in [0.2, 0.25) is 0 Å². The fourth-order valence-electron chi connectivity index (χ4n) is 3.39. The Morgan fingerprint density at radius 2 is 2.04 bits per heavy atom. The molecule has 0 unspecified atom stereocenters. The summed E-state index contributed by atoms with van der Waals surface area (Å²) in [4.78, 5) is 23.3. The molecule has 2 saturated heterocycles. The van der Waals surface area contributed by atoms with Crippen molar-refractivity contribution in [3.63, 3.8) is 0 Å². The minimum Gasteiger partial charge on any atom is -0.378 e. The van der Waals surface area contributed by atoms with Crippen molar-refractivity contribution < 1.29 is 9.53 Å². The third kappa shape index (κ3) is 4.61. The van der Waals surface area contributed by atoms with Crippen molar-refractivity contribution in [2.24, 2.45) is 0 Å². The molecular weight excluding hydrogens is 318 g/mol. The van der Waals surface area contributed by atoms with Gasteiger partial charge in [0.25, 0.3) is 0 Å². The predicted molar refractivity (Wildman–Crippen MR) is 97.9 cm³/mol. The fourth-order valence-corrected chi connectivity index (χ4v) is 3.39. The molecule has 0 aliphatic carbocycles. The molecule has 2 amide bonds. The Balaban J connectivity index is 1.39. The largest absolute Gasteiger partial charge is 0.378 e. The SMILES string of the molecule is CC1(C)COCCN1CCNC(=O)N1CCN(c2ccccn2)CC1. The second kappa shape index (κ2) is 8.01. The Hall–Kier alpha value is -1.86. The standard InChI is InChI=1S/C18H29N5O2/c1-18(2)15-25-14-13-23(18)8-7-20-17(24)22-11-9-21(10-12-22)16-5-3-4-6-19-16/h3-6H,7-15H2,1-2H3,(H,20,24). The van der Waals surface area contributed by atoms with Crippen LogP contribution in [-0.4, -0.2) is 85.4 Å². The molecule has 7 heteroatoms. The van der Waals surface area contributed by atoms with Crippen molar-refractivity contribution in [1.82, 2.24) is 20.1 Å². The van der Waals surface area contributed by atoms with Gasteiger partial charge in [0.05, 0.1) is 13.2 Å². The van der Waals surface area contributed by atoms with Gasteiger partial charge < -0.3 is 19.9 Å². The first-order valence-electron chi connectivity index (χ1n) is 9.08. The van der Waals surface area contributed by atoms with Crippen molar-refractivity contribution in [3.05, 3.63) is 24.4 Å². The maximum absolute atomic E-state index is 12.4. The maximum Gasteiger partial charge on any atom is 0.317 e. The summed E-state index contributed by atoms with van der Waals surface area (Å²) in [6, 6.07) is 5.96. The van der Waals surface area contributed by atoms with Crippen molar-refractivity contribution >= 4 is 11.8 Å². The lowest BCUT2D eigenvalue weighted by molar-refractivity contribution is -0.0498. The summed E-state index contributed by atoms with van der Waals surface area (Å²) in [6.45, 7) is 11.4. The number of urea groups is 1. The van der Waals surface area contributed by atoms with E-state index < -0.39 is 0 Å². The first-order valence-corrected chi connectivity index (χ1v) is 9.08. The Labute approximate surface area is 149 Å². The maximum atomic E-state index is 12.4. The number of hydrogen-bond donors (Lipinski definition) is 1. The average molecular weight is 347 g/mol. The highest BCUT2D eigenvalue weighted by molar-refractivity contribution is 5.74. The summed E-state index contributed by atoms with van der Waals surface area (Å²) in [5.41, 5.74) is 0.0390. The van der Waals surface area contributed by atoms with Gasteiger partial charge in [0.1, 0.15) is 5.82 Å². The van der Waals surface area contributed by atoms with Crippen LogP contribution in [0.5, 0.6) is 0 Å². The lowest BCUT2D eigenvalue weighted by Gasteiger charge is -2.42. The summed E-state index contributed by atoms with van der Waals surface area (Å²) in [5, 5.41) is 3.06. The van der Waals surface area contributed by atoms with E-state index in [4.69, 9.17) is 4.74 Å². The number of aromatic nitrogens is 1. The Morgan fingerprint density at radius 1 is 1.24 bits per heavy atom. The van der Waals surface area contributed by atoms with Crippen LogP contribution in [0.15, 0.2) is 24.4 Å². The number of amides is 2.